The zero-order valence-corrected chi connectivity index (χ0v) is 15.8. The van der Waals surface area contributed by atoms with E-state index in [2.05, 4.69) is 5.32 Å². The topological polar surface area (TPSA) is 49.4 Å². The average Bonchev–Trinajstić information content (AvgIpc) is 3.29. The van der Waals surface area contributed by atoms with Crippen LogP contribution in [0.25, 0.3) is 0 Å². The van der Waals surface area contributed by atoms with Gasteiger partial charge in [-0.1, -0.05) is 24.3 Å². The number of nitrogens with zero attached hydrogens (tertiary/aromatic N) is 1. The number of nitrogens with one attached hydrogen (secondary N) is 1. The van der Waals surface area contributed by atoms with Crippen LogP contribution in [-0.4, -0.2) is 34.4 Å². The molecule has 1 aliphatic heterocycles. The first kappa shape index (κ1) is 18.0. The van der Waals surface area contributed by atoms with Crippen molar-refractivity contribution in [3.8, 4) is 0 Å². The van der Waals surface area contributed by atoms with Crippen molar-refractivity contribution in [1.82, 2.24) is 4.90 Å². The van der Waals surface area contributed by atoms with E-state index < -0.39 is 6.04 Å². The van der Waals surface area contributed by atoms with Crippen LogP contribution in [-0.2, 0) is 9.59 Å². The molecule has 3 atom stereocenters. The summed E-state index contributed by atoms with van der Waals surface area (Å²) in [5, 5.41) is 2.92. The number of amides is 2. The number of halogens is 1. The van der Waals surface area contributed by atoms with Crippen molar-refractivity contribution < 1.29 is 14.0 Å². The van der Waals surface area contributed by atoms with E-state index in [-0.39, 0.29) is 29.5 Å². The lowest BCUT2D eigenvalue weighted by Gasteiger charge is -2.23. The third-order valence-electron chi connectivity index (χ3n) is 5.14. The molecule has 2 fully saturated rings. The predicted octanol–water partition coefficient (Wildman–Crippen LogP) is 3.78. The molecule has 4 rings (SSSR count). The molecule has 27 heavy (non-hydrogen) atoms. The molecule has 6 heteroatoms. The van der Waals surface area contributed by atoms with Crippen molar-refractivity contribution in [2.24, 2.45) is 5.92 Å². The average molecular weight is 384 g/mol. The molecule has 2 aliphatic rings. The second kappa shape index (κ2) is 7.35. The standard InChI is InChI=1S/C21H21FN2O2S/c1-13-4-2-7-16(8-13)23-20(25)19-11-27-12-24(19)21(26)18-10-17(18)14-5-3-6-15(22)9-14/h2-9,17-19H,10-12H2,1H3,(H,23,25). The molecule has 1 aliphatic carbocycles. The lowest BCUT2D eigenvalue weighted by Crippen LogP contribution is -2.45. The first-order chi connectivity index (χ1) is 13.0. The summed E-state index contributed by atoms with van der Waals surface area (Å²) in [5.74, 6) is 0.593. The smallest absolute Gasteiger partial charge is 0.248 e. The summed E-state index contributed by atoms with van der Waals surface area (Å²) >= 11 is 1.59. The molecule has 1 N–H and O–H groups in total. The summed E-state index contributed by atoms with van der Waals surface area (Å²) in [4.78, 5) is 27.3. The van der Waals surface area contributed by atoms with Crippen molar-refractivity contribution in [3.05, 3.63) is 65.5 Å². The third-order valence-corrected chi connectivity index (χ3v) is 6.15. The number of hydrogen-bond acceptors (Lipinski definition) is 3. The number of hydrogen-bond donors (Lipinski definition) is 1. The highest BCUT2D eigenvalue weighted by molar-refractivity contribution is 7.99. The predicted molar refractivity (Wildman–Crippen MR) is 105 cm³/mol. The number of rotatable bonds is 4. The Bertz CT molecular complexity index is 888. The van der Waals surface area contributed by atoms with Gasteiger partial charge in [-0.25, -0.2) is 4.39 Å². The Morgan fingerprint density at radius 2 is 2.00 bits per heavy atom. The van der Waals surface area contributed by atoms with Crippen LogP contribution >= 0.6 is 11.8 Å². The number of thioether (sulfide) groups is 1. The van der Waals surface area contributed by atoms with Crippen LogP contribution in [0, 0.1) is 18.7 Å². The molecule has 140 valence electrons. The fourth-order valence-corrected chi connectivity index (χ4v) is 4.78. The van der Waals surface area contributed by atoms with E-state index in [0.29, 0.717) is 11.6 Å². The monoisotopic (exact) mass is 384 g/mol. The van der Waals surface area contributed by atoms with Gasteiger partial charge in [0, 0.05) is 17.4 Å². The fraction of sp³-hybridized carbons (Fsp3) is 0.333. The van der Waals surface area contributed by atoms with Gasteiger partial charge in [0.25, 0.3) is 0 Å². The maximum atomic E-state index is 13.4. The molecule has 0 aromatic heterocycles. The lowest BCUT2D eigenvalue weighted by molar-refractivity contribution is -0.137. The van der Waals surface area contributed by atoms with Crippen LogP contribution in [0.3, 0.4) is 0 Å². The van der Waals surface area contributed by atoms with Gasteiger partial charge in [-0.05, 0) is 54.7 Å². The minimum absolute atomic E-state index is 0.00125. The number of aryl methyl sites for hydroxylation is 1. The summed E-state index contributed by atoms with van der Waals surface area (Å²) in [6.07, 6.45) is 0.718. The minimum atomic E-state index is -0.461. The van der Waals surface area contributed by atoms with Crippen molar-refractivity contribution in [2.45, 2.75) is 25.3 Å². The van der Waals surface area contributed by atoms with E-state index in [1.807, 2.05) is 37.3 Å². The Morgan fingerprint density at radius 3 is 2.78 bits per heavy atom. The highest BCUT2D eigenvalue weighted by Gasteiger charge is 2.48. The number of benzene rings is 2. The van der Waals surface area contributed by atoms with E-state index in [1.165, 1.54) is 12.1 Å². The van der Waals surface area contributed by atoms with Crippen molar-refractivity contribution in [2.75, 3.05) is 16.9 Å². The molecular formula is C21H21FN2O2S. The lowest BCUT2D eigenvalue weighted by atomic mass is 10.1. The van der Waals surface area contributed by atoms with E-state index in [9.17, 15) is 14.0 Å². The molecule has 1 heterocycles. The molecule has 2 aromatic rings. The maximum absolute atomic E-state index is 13.4. The molecule has 0 spiro atoms. The Hall–Kier alpha value is -2.34. The van der Waals surface area contributed by atoms with Gasteiger partial charge in [0.2, 0.25) is 11.8 Å². The zero-order chi connectivity index (χ0) is 19.0. The summed E-state index contributed by atoms with van der Waals surface area (Å²) in [5.41, 5.74) is 2.67. The minimum Gasteiger partial charge on any atom is -0.324 e. The van der Waals surface area contributed by atoms with E-state index in [4.69, 9.17) is 0 Å². The Kier molecular flexibility index (Phi) is 4.91. The van der Waals surface area contributed by atoms with E-state index >= 15 is 0 Å². The van der Waals surface area contributed by atoms with Gasteiger partial charge in [0.05, 0.1) is 5.88 Å². The fourth-order valence-electron chi connectivity index (χ4n) is 3.61. The summed E-state index contributed by atoms with van der Waals surface area (Å²) in [7, 11) is 0. The summed E-state index contributed by atoms with van der Waals surface area (Å²) in [6.45, 7) is 1.97. The Labute approximate surface area is 162 Å². The highest BCUT2D eigenvalue weighted by Crippen LogP contribution is 2.49. The first-order valence-corrected chi connectivity index (χ1v) is 10.2. The van der Waals surface area contributed by atoms with Gasteiger partial charge in [0.1, 0.15) is 11.9 Å². The quantitative estimate of drug-likeness (QED) is 0.873. The highest BCUT2D eigenvalue weighted by atomic mass is 32.2. The second-order valence-electron chi connectivity index (χ2n) is 7.19. The van der Waals surface area contributed by atoms with E-state index in [0.717, 1.165) is 23.2 Å². The molecule has 0 bridgehead atoms. The molecule has 2 amide bonds. The second-order valence-corrected chi connectivity index (χ2v) is 8.19. The van der Waals surface area contributed by atoms with Crippen LogP contribution in [0.2, 0.25) is 0 Å². The Morgan fingerprint density at radius 1 is 1.19 bits per heavy atom. The van der Waals surface area contributed by atoms with Crippen LogP contribution in [0.5, 0.6) is 0 Å². The van der Waals surface area contributed by atoms with Crippen molar-refractivity contribution in [1.29, 1.82) is 0 Å². The third kappa shape index (κ3) is 3.86. The largest absolute Gasteiger partial charge is 0.324 e. The van der Waals surface area contributed by atoms with Crippen molar-refractivity contribution in [3.63, 3.8) is 0 Å². The summed E-state index contributed by atoms with van der Waals surface area (Å²) in [6, 6.07) is 13.6. The molecule has 3 unspecified atom stereocenters. The van der Waals surface area contributed by atoms with Gasteiger partial charge in [-0.3, -0.25) is 9.59 Å². The summed E-state index contributed by atoms with van der Waals surface area (Å²) < 4.78 is 13.4. The van der Waals surface area contributed by atoms with Gasteiger partial charge in [-0.15, -0.1) is 11.8 Å². The van der Waals surface area contributed by atoms with Gasteiger partial charge in [0.15, 0.2) is 0 Å². The number of carbonyl (C=O) groups excluding carboxylic acids is 2. The van der Waals surface area contributed by atoms with Crippen molar-refractivity contribution >= 4 is 29.3 Å². The van der Waals surface area contributed by atoms with Gasteiger partial charge in [-0.2, -0.15) is 0 Å². The molecule has 4 nitrogen and oxygen atoms in total. The molecule has 0 radical (unpaired) electrons. The first-order valence-electron chi connectivity index (χ1n) is 9.04. The SMILES string of the molecule is Cc1cccc(NC(=O)C2CSCN2C(=O)C2CC2c2cccc(F)c2)c1. The zero-order valence-electron chi connectivity index (χ0n) is 15.0. The van der Waals surface area contributed by atoms with Crippen LogP contribution in [0.4, 0.5) is 10.1 Å². The maximum Gasteiger partial charge on any atom is 0.248 e. The normalized spacial score (nSPS) is 23.9. The molecular weight excluding hydrogens is 363 g/mol. The number of carbonyl (C=O) groups is 2. The van der Waals surface area contributed by atoms with Gasteiger partial charge < -0.3 is 10.2 Å². The van der Waals surface area contributed by atoms with E-state index in [1.54, 1.807) is 22.7 Å². The van der Waals surface area contributed by atoms with Crippen LogP contribution in [0.15, 0.2) is 48.5 Å². The molecule has 1 saturated heterocycles. The number of anilines is 1. The Balaban J connectivity index is 1.42. The van der Waals surface area contributed by atoms with Crippen LogP contribution < -0.4 is 5.32 Å². The molecule has 2 aromatic carbocycles. The van der Waals surface area contributed by atoms with Gasteiger partial charge >= 0.3 is 0 Å². The molecule has 1 saturated carbocycles. The van der Waals surface area contributed by atoms with Crippen LogP contribution in [0.1, 0.15) is 23.5 Å².